The number of carbonyl (C=O) groups is 3. The van der Waals surface area contributed by atoms with Gasteiger partial charge in [0.2, 0.25) is 5.91 Å². The maximum atomic E-state index is 12.5. The van der Waals surface area contributed by atoms with E-state index in [0.717, 1.165) is 5.56 Å². The van der Waals surface area contributed by atoms with Gasteiger partial charge in [-0.2, -0.15) is 0 Å². The quantitative estimate of drug-likeness (QED) is 0.143. The highest BCUT2D eigenvalue weighted by Crippen LogP contribution is 2.32. The third kappa shape index (κ3) is 7.46. The lowest BCUT2D eigenvalue weighted by Gasteiger charge is -2.15. The van der Waals surface area contributed by atoms with Crippen LogP contribution >= 0.6 is 23.2 Å². The molecule has 3 aromatic rings. The first-order chi connectivity index (χ1) is 17.1. The van der Waals surface area contributed by atoms with E-state index in [4.69, 9.17) is 39.4 Å². The predicted octanol–water partition coefficient (Wildman–Crippen LogP) is 3.47. The second kappa shape index (κ2) is 12.1. The summed E-state index contributed by atoms with van der Waals surface area (Å²) in [6.07, 6.45) is -0.101. The van der Waals surface area contributed by atoms with Crippen molar-refractivity contribution in [3.05, 3.63) is 93.5 Å². The summed E-state index contributed by atoms with van der Waals surface area (Å²) in [5.74, 6) is -2.53. The van der Waals surface area contributed by atoms with Crippen molar-refractivity contribution in [1.82, 2.24) is 5.32 Å². The number of hydrogen-bond acceptors (Lipinski definition) is 5. The molecule has 1 amide bonds. The van der Waals surface area contributed by atoms with Crippen molar-refractivity contribution in [3.8, 4) is 5.75 Å². The molecule has 0 fully saturated rings. The van der Waals surface area contributed by atoms with E-state index in [1.54, 1.807) is 24.3 Å². The number of esters is 1. The van der Waals surface area contributed by atoms with Gasteiger partial charge in [-0.1, -0.05) is 53.5 Å². The van der Waals surface area contributed by atoms with Gasteiger partial charge in [0.15, 0.2) is 11.7 Å². The van der Waals surface area contributed by atoms with E-state index >= 15 is 0 Å². The van der Waals surface area contributed by atoms with Gasteiger partial charge in [0.1, 0.15) is 6.04 Å². The van der Waals surface area contributed by atoms with Gasteiger partial charge in [-0.05, 0) is 41.5 Å². The second-order valence-corrected chi connectivity index (χ2v) is 8.49. The predicted molar refractivity (Wildman–Crippen MR) is 137 cm³/mol. The number of nitrogens with one attached hydrogen (secondary N) is 1. The van der Waals surface area contributed by atoms with E-state index in [1.165, 1.54) is 36.4 Å². The molecule has 36 heavy (non-hydrogen) atoms. The van der Waals surface area contributed by atoms with Crippen molar-refractivity contribution in [3.63, 3.8) is 0 Å². The molecule has 3 aromatic carbocycles. The number of carbonyl (C=O) groups excluding carboxylic acids is 2. The van der Waals surface area contributed by atoms with E-state index in [2.05, 4.69) is 10.3 Å². The Hall–Kier alpha value is -4.08. The number of aliphatic imine (C=N–C) groups is 1. The largest absolute Gasteiger partial charge is 0.480 e. The van der Waals surface area contributed by atoms with E-state index in [0.29, 0.717) is 11.3 Å². The van der Waals surface area contributed by atoms with Gasteiger partial charge < -0.3 is 26.6 Å². The summed E-state index contributed by atoms with van der Waals surface area (Å²) in [6.45, 7) is 0. The Labute approximate surface area is 216 Å². The fourth-order valence-electron chi connectivity index (χ4n) is 3.23. The number of carboxylic acid groups (broad SMARTS) is 1. The Balaban J connectivity index is 1.66. The number of rotatable bonds is 9. The maximum Gasteiger partial charge on any atom is 0.343 e. The highest BCUT2D eigenvalue weighted by Gasteiger charge is 2.22. The molecule has 0 heterocycles. The number of hydrogen-bond donors (Lipinski definition) is 4. The van der Waals surface area contributed by atoms with Gasteiger partial charge in [-0.3, -0.25) is 4.79 Å². The number of aliphatic carboxylic acids is 1. The molecule has 1 atom stereocenters. The van der Waals surface area contributed by atoms with Gasteiger partial charge in [-0.15, -0.1) is 0 Å². The summed E-state index contributed by atoms with van der Waals surface area (Å²) in [5.41, 5.74) is 12.4. The molecule has 3 rings (SSSR count). The van der Waals surface area contributed by atoms with Crippen molar-refractivity contribution in [1.29, 1.82) is 0 Å². The molecule has 0 saturated carbocycles. The Morgan fingerprint density at radius 2 is 1.64 bits per heavy atom. The van der Waals surface area contributed by atoms with Crippen molar-refractivity contribution >= 4 is 52.7 Å². The maximum absolute atomic E-state index is 12.5. The van der Waals surface area contributed by atoms with Crippen LogP contribution in [-0.4, -0.2) is 35.0 Å². The highest BCUT2D eigenvalue weighted by atomic mass is 35.5. The van der Waals surface area contributed by atoms with Crippen LogP contribution in [0.5, 0.6) is 5.75 Å². The van der Waals surface area contributed by atoms with Crippen molar-refractivity contribution in [2.45, 2.75) is 18.9 Å². The smallest absolute Gasteiger partial charge is 0.343 e. The van der Waals surface area contributed by atoms with Crippen LogP contribution in [0.2, 0.25) is 10.0 Å². The first-order valence-electron chi connectivity index (χ1n) is 10.6. The minimum Gasteiger partial charge on any atom is -0.480 e. The second-order valence-electron chi connectivity index (χ2n) is 7.67. The Kier molecular flexibility index (Phi) is 8.88. The molecule has 0 aromatic heterocycles. The van der Waals surface area contributed by atoms with Crippen LogP contribution in [0.1, 0.15) is 21.5 Å². The van der Waals surface area contributed by atoms with Gasteiger partial charge in [0.05, 0.1) is 22.7 Å². The molecule has 0 aliphatic heterocycles. The number of amides is 1. The number of guanidine groups is 1. The average molecular weight is 529 g/mol. The Morgan fingerprint density at radius 1 is 0.972 bits per heavy atom. The molecule has 0 aliphatic rings. The lowest BCUT2D eigenvalue weighted by Crippen LogP contribution is -2.43. The Morgan fingerprint density at radius 3 is 2.25 bits per heavy atom. The lowest BCUT2D eigenvalue weighted by atomic mass is 10.1. The minimum absolute atomic E-state index is 0.00313. The lowest BCUT2D eigenvalue weighted by molar-refractivity contribution is -0.141. The van der Waals surface area contributed by atoms with Gasteiger partial charge in [-0.25, -0.2) is 14.6 Å². The van der Waals surface area contributed by atoms with E-state index in [9.17, 15) is 19.5 Å². The van der Waals surface area contributed by atoms with Crippen LogP contribution in [0.25, 0.3) is 0 Å². The van der Waals surface area contributed by atoms with E-state index < -0.39 is 23.9 Å². The summed E-state index contributed by atoms with van der Waals surface area (Å²) >= 11 is 12.5. The summed E-state index contributed by atoms with van der Waals surface area (Å²) in [5, 5.41) is 12.2. The van der Waals surface area contributed by atoms with Crippen LogP contribution in [0, 0.1) is 0 Å². The zero-order valence-corrected chi connectivity index (χ0v) is 20.3. The number of ether oxygens (including phenoxy) is 1. The first-order valence-corrected chi connectivity index (χ1v) is 11.3. The van der Waals surface area contributed by atoms with Crippen LogP contribution in [0.15, 0.2) is 71.7 Å². The zero-order chi connectivity index (χ0) is 26.2. The van der Waals surface area contributed by atoms with Gasteiger partial charge in [0.25, 0.3) is 0 Å². The highest BCUT2D eigenvalue weighted by molar-refractivity contribution is 6.35. The summed E-state index contributed by atoms with van der Waals surface area (Å²) < 4.78 is 5.34. The van der Waals surface area contributed by atoms with Crippen LogP contribution in [-0.2, 0) is 22.4 Å². The molecule has 186 valence electrons. The molecular formula is C25H22Cl2N4O5. The Bertz CT molecular complexity index is 1290. The SMILES string of the molecule is NC(N)=Nc1ccc(C(=O)Oc2cc(Cl)c(CC(=O)N[C@@H](Cc3ccccc3)C(=O)O)cc2Cl)cc1. The molecule has 0 radical (unpaired) electrons. The summed E-state index contributed by atoms with van der Waals surface area (Å²) in [7, 11) is 0. The molecule has 9 nitrogen and oxygen atoms in total. The number of benzene rings is 3. The summed E-state index contributed by atoms with van der Waals surface area (Å²) in [6, 6.07) is 16.6. The fraction of sp³-hybridized carbons (Fsp3) is 0.120. The topological polar surface area (TPSA) is 157 Å². The number of halogens is 2. The molecule has 6 N–H and O–H groups in total. The van der Waals surface area contributed by atoms with E-state index in [-0.39, 0.29) is 40.2 Å². The number of nitrogens with zero attached hydrogens (tertiary/aromatic N) is 1. The molecule has 0 bridgehead atoms. The third-order valence-electron chi connectivity index (χ3n) is 4.93. The fourth-order valence-corrected chi connectivity index (χ4v) is 3.68. The normalized spacial score (nSPS) is 11.3. The minimum atomic E-state index is -1.16. The molecule has 0 spiro atoms. The van der Waals surface area contributed by atoms with Crippen LogP contribution in [0.3, 0.4) is 0 Å². The molecule has 0 aliphatic carbocycles. The third-order valence-corrected chi connectivity index (χ3v) is 5.58. The molecule has 0 saturated heterocycles. The zero-order valence-electron chi connectivity index (χ0n) is 18.8. The van der Waals surface area contributed by atoms with Crippen LogP contribution < -0.4 is 21.5 Å². The van der Waals surface area contributed by atoms with Crippen molar-refractivity contribution < 1.29 is 24.2 Å². The van der Waals surface area contributed by atoms with Crippen LogP contribution in [0.4, 0.5) is 5.69 Å². The summed E-state index contributed by atoms with van der Waals surface area (Å²) in [4.78, 5) is 40.5. The van der Waals surface area contributed by atoms with Crippen molar-refractivity contribution in [2.24, 2.45) is 16.5 Å². The molecular weight excluding hydrogens is 507 g/mol. The monoisotopic (exact) mass is 528 g/mol. The molecule has 0 unspecified atom stereocenters. The van der Waals surface area contributed by atoms with E-state index in [1.807, 2.05) is 6.07 Å². The first kappa shape index (κ1) is 26.5. The van der Waals surface area contributed by atoms with Crippen molar-refractivity contribution in [2.75, 3.05) is 0 Å². The number of carboxylic acids is 1. The molecule has 11 heteroatoms. The van der Waals surface area contributed by atoms with Gasteiger partial charge in [0, 0.05) is 17.5 Å². The number of nitrogens with two attached hydrogens (primary N) is 2. The van der Waals surface area contributed by atoms with Gasteiger partial charge >= 0.3 is 11.9 Å². The average Bonchev–Trinajstić information content (AvgIpc) is 2.82. The standard InChI is InChI=1S/C25H22Cl2N4O5/c26-18-13-21(36-24(35)15-6-8-17(9-7-15)30-25(28)29)19(27)11-16(18)12-22(32)31-20(23(33)34)10-14-4-2-1-3-5-14/h1-9,11,13,20H,10,12H2,(H,31,32)(H,33,34)(H4,28,29,30)/t20-/m0/s1.